The molecule has 6 rings (SSSR count). The van der Waals surface area contributed by atoms with Gasteiger partial charge in [0.1, 0.15) is 6.07 Å². The first-order chi connectivity index (χ1) is 16.2. The number of hydrogen-bond acceptors (Lipinski definition) is 5. The molecule has 2 aromatic carbocycles. The van der Waals surface area contributed by atoms with Crippen molar-refractivity contribution < 1.29 is 0 Å². The lowest BCUT2D eigenvalue weighted by atomic mass is 10.1. The summed E-state index contributed by atoms with van der Waals surface area (Å²) in [6, 6.07) is 21.0. The molecule has 0 aliphatic heterocycles. The predicted octanol–water partition coefficient (Wildman–Crippen LogP) is 5.42. The van der Waals surface area contributed by atoms with E-state index in [0.717, 1.165) is 57.4 Å². The third-order valence-corrected chi connectivity index (χ3v) is 6.97. The van der Waals surface area contributed by atoms with E-state index in [1.807, 2.05) is 60.3 Å². The van der Waals surface area contributed by atoms with Crippen molar-refractivity contribution in [2.45, 2.75) is 36.7 Å². The summed E-state index contributed by atoms with van der Waals surface area (Å²) in [6.07, 6.45) is 4.28. The molecule has 0 unspecified atom stereocenters. The van der Waals surface area contributed by atoms with E-state index in [1.54, 1.807) is 11.8 Å². The summed E-state index contributed by atoms with van der Waals surface area (Å²) in [5.41, 5.74) is 5.35. The molecule has 7 nitrogen and oxygen atoms in total. The number of nitrogens with zero attached hydrogens (tertiary/aromatic N) is 6. The van der Waals surface area contributed by atoms with E-state index < -0.39 is 0 Å². The molecule has 162 valence electrons. The molecule has 0 radical (unpaired) electrons. The Hall–Kier alpha value is -3.83. The van der Waals surface area contributed by atoms with Crippen LogP contribution in [0.1, 0.15) is 35.8 Å². The van der Waals surface area contributed by atoms with Crippen LogP contribution in [0.5, 0.6) is 0 Å². The van der Waals surface area contributed by atoms with Gasteiger partial charge in [0.05, 0.1) is 22.6 Å². The second-order valence-corrected chi connectivity index (χ2v) is 9.15. The van der Waals surface area contributed by atoms with Crippen molar-refractivity contribution in [1.29, 1.82) is 5.26 Å². The van der Waals surface area contributed by atoms with Gasteiger partial charge in [-0.25, -0.2) is 4.68 Å². The van der Waals surface area contributed by atoms with Crippen LogP contribution in [0, 0.1) is 18.3 Å². The van der Waals surface area contributed by atoms with Crippen LogP contribution < -0.4 is 0 Å². The molecule has 1 fully saturated rings. The third kappa shape index (κ3) is 3.41. The number of para-hydroxylation sites is 2. The monoisotopic (exact) mass is 451 g/mol. The number of aromatic amines is 1. The number of fused-ring (bicyclic) bond motifs is 1. The largest absolute Gasteiger partial charge is 0.360 e. The van der Waals surface area contributed by atoms with Gasteiger partial charge in [0, 0.05) is 34.5 Å². The standard InChI is InChI=1S/C25H21N7S/c1-16-20(13-26)23(32(30-16)18-7-3-2-4-8-18)15-33-25-29-28-24(31(25)17-11-12-17)21-14-27-22-10-6-5-9-19(21)22/h2-10,14,17,27H,11-12,15H2,1H3. The quantitative estimate of drug-likeness (QED) is 0.348. The van der Waals surface area contributed by atoms with Crippen molar-refractivity contribution in [2.24, 2.45) is 0 Å². The molecule has 1 aliphatic carbocycles. The zero-order valence-electron chi connectivity index (χ0n) is 18.1. The number of rotatable bonds is 6. The van der Waals surface area contributed by atoms with Crippen LogP contribution in [0.25, 0.3) is 28.0 Å². The molecular formula is C25H21N7S. The lowest BCUT2D eigenvalue weighted by Gasteiger charge is -2.10. The van der Waals surface area contributed by atoms with E-state index in [2.05, 4.69) is 43.0 Å². The number of nitriles is 1. The SMILES string of the molecule is Cc1nn(-c2ccccc2)c(CSc2nnc(-c3c[nH]c4ccccc34)n2C2CC2)c1C#N. The lowest BCUT2D eigenvalue weighted by molar-refractivity contribution is 0.669. The van der Waals surface area contributed by atoms with Gasteiger partial charge in [0.25, 0.3) is 0 Å². The molecule has 3 heterocycles. The minimum Gasteiger partial charge on any atom is -0.360 e. The molecule has 5 aromatic rings. The normalized spacial score (nSPS) is 13.5. The van der Waals surface area contributed by atoms with Crippen molar-refractivity contribution in [3.05, 3.63) is 77.7 Å². The summed E-state index contributed by atoms with van der Waals surface area (Å²) in [5.74, 6) is 1.47. The van der Waals surface area contributed by atoms with Crippen molar-refractivity contribution >= 4 is 22.7 Å². The Morgan fingerprint density at radius 3 is 2.67 bits per heavy atom. The van der Waals surface area contributed by atoms with Crippen molar-refractivity contribution in [3.8, 4) is 23.1 Å². The van der Waals surface area contributed by atoms with Gasteiger partial charge in [-0.2, -0.15) is 10.4 Å². The van der Waals surface area contributed by atoms with Crippen LogP contribution in [0.4, 0.5) is 0 Å². The average Bonchev–Trinajstić information content (AvgIpc) is 3.32. The molecule has 8 heteroatoms. The highest BCUT2D eigenvalue weighted by molar-refractivity contribution is 7.98. The minimum absolute atomic E-state index is 0.419. The number of hydrogen-bond donors (Lipinski definition) is 1. The maximum absolute atomic E-state index is 9.79. The summed E-state index contributed by atoms with van der Waals surface area (Å²) in [6.45, 7) is 1.88. The van der Waals surface area contributed by atoms with Crippen LogP contribution in [-0.2, 0) is 5.75 Å². The molecular weight excluding hydrogens is 430 g/mol. The van der Waals surface area contributed by atoms with E-state index in [0.29, 0.717) is 17.4 Å². The Morgan fingerprint density at radius 1 is 1.09 bits per heavy atom. The van der Waals surface area contributed by atoms with Gasteiger partial charge in [-0.1, -0.05) is 48.2 Å². The highest BCUT2D eigenvalue weighted by atomic mass is 32.2. The first-order valence-corrected chi connectivity index (χ1v) is 11.9. The molecule has 33 heavy (non-hydrogen) atoms. The fraction of sp³-hybridized carbons (Fsp3) is 0.200. The Balaban J connectivity index is 1.38. The van der Waals surface area contributed by atoms with Crippen molar-refractivity contribution in [3.63, 3.8) is 0 Å². The highest BCUT2D eigenvalue weighted by Crippen LogP contribution is 2.42. The summed E-state index contributed by atoms with van der Waals surface area (Å²) in [4.78, 5) is 3.35. The van der Waals surface area contributed by atoms with Crippen molar-refractivity contribution in [2.75, 3.05) is 0 Å². The predicted molar refractivity (Wildman–Crippen MR) is 128 cm³/mol. The van der Waals surface area contributed by atoms with Crippen LogP contribution in [0.2, 0.25) is 0 Å². The van der Waals surface area contributed by atoms with Crippen LogP contribution in [0.3, 0.4) is 0 Å². The number of nitrogens with one attached hydrogen (secondary N) is 1. The van der Waals surface area contributed by atoms with Crippen LogP contribution in [-0.4, -0.2) is 29.5 Å². The number of aromatic nitrogens is 6. The molecule has 0 atom stereocenters. The first kappa shape index (κ1) is 19.8. The molecule has 3 aromatic heterocycles. The highest BCUT2D eigenvalue weighted by Gasteiger charge is 2.31. The zero-order chi connectivity index (χ0) is 22.4. The Morgan fingerprint density at radius 2 is 1.88 bits per heavy atom. The van der Waals surface area contributed by atoms with E-state index in [4.69, 9.17) is 0 Å². The van der Waals surface area contributed by atoms with E-state index in [1.165, 1.54) is 0 Å². The Labute approximate surface area is 195 Å². The van der Waals surface area contributed by atoms with Crippen LogP contribution in [0.15, 0.2) is 66.0 Å². The maximum Gasteiger partial charge on any atom is 0.192 e. The van der Waals surface area contributed by atoms with Gasteiger partial charge in [-0.05, 0) is 38.0 Å². The van der Waals surface area contributed by atoms with Gasteiger partial charge < -0.3 is 4.98 Å². The molecule has 0 amide bonds. The maximum atomic E-state index is 9.79. The molecule has 0 spiro atoms. The second-order valence-electron chi connectivity index (χ2n) is 8.21. The van der Waals surface area contributed by atoms with Crippen LogP contribution >= 0.6 is 11.8 Å². The summed E-state index contributed by atoms with van der Waals surface area (Å²) in [7, 11) is 0. The first-order valence-electron chi connectivity index (χ1n) is 10.9. The van der Waals surface area contributed by atoms with E-state index in [9.17, 15) is 5.26 Å². The summed E-state index contributed by atoms with van der Waals surface area (Å²) < 4.78 is 4.14. The Bertz CT molecular complexity index is 1500. The number of aryl methyl sites for hydroxylation is 1. The summed E-state index contributed by atoms with van der Waals surface area (Å²) in [5, 5.41) is 25.6. The van der Waals surface area contributed by atoms with E-state index in [-0.39, 0.29) is 0 Å². The number of thioether (sulfide) groups is 1. The molecule has 1 aliphatic rings. The topological polar surface area (TPSA) is 88.1 Å². The number of benzene rings is 2. The fourth-order valence-corrected chi connectivity index (χ4v) is 5.25. The minimum atomic E-state index is 0.419. The van der Waals surface area contributed by atoms with Gasteiger partial charge >= 0.3 is 0 Å². The van der Waals surface area contributed by atoms with Gasteiger partial charge in [0.15, 0.2) is 11.0 Å². The average molecular weight is 452 g/mol. The smallest absolute Gasteiger partial charge is 0.192 e. The fourth-order valence-electron chi connectivity index (χ4n) is 4.25. The number of H-pyrrole nitrogens is 1. The van der Waals surface area contributed by atoms with Crippen molar-refractivity contribution in [1.82, 2.24) is 29.5 Å². The Kier molecular flexibility index (Phi) is 4.77. The van der Waals surface area contributed by atoms with Gasteiger partial charge in [-0.15, -0.1) is 10.2 Å². The van der Waals surface area contributed by atoms with Gasteiger partial charge in [0.2, 0.25) is 0 Å². The molecule has 0 bridgehead atoms. The third-order valence-electron chi connectivity index (χ3n) is 6.01. The summed E-state index contributed by atoms with van der Waals surface area (Å²) >= 11 is 1.61. The molecule has 1 saturated carbocycles. The second kappa shape index (κ2) is 7.94. The molecule has 1 N–H and O–H groups in total. The van der Waals surface area contributed by atoms with E-state index >= 15 is 0 Å². The molecule has 0 saturated heterocycles. The van der Waals surface area contributed by atoms with Gasteiger partial charge in [-0.3, -0.25) is 4.57 Å². The lowest BCUT2D eigenvalue weighted by Crippen LogP contribution is -2.03. The zero-order valence-corrected chi connectivity index (χ0v) is 18.9.